The van der Waals surface area contributed by atoms with Crippen molar-refractivity contribution in [1.29, 1.82) is 5.41 Å². The summed E-state index contributed by atoms with van der Waals surface area (Å²) in [5.41, 5.74) is 3.54. The van der Waals surface area contributed by atoms with Crippen molar-refractivity contribution in [2.45, 2.75) is 78.2 Å². The second-order valence-corrected chi connectivity index (χ2v) is 12.6. The second-order valence-electron chi connectivity index (χ2n) is 11.6. The fourth-order valence-corrected chi connectivity index (χ4v) is 5.98. The summed E-state index contributed by atoms with van der Waals surface area (Å²) in [6.07, 6.45) is 10.6. The third-order valence-corrected chi connectivity index (χ3v) is 8.40. The molecule has 2 aliphatic rings. The molecule has 41 heavy (non-hydrogen) atoms. The summed E-state index contributed by atoms with van der Waals surface area (Å²) >= 11 is 1.41. The first kappa shape index (κ1) is 28.9. The van der Waals surface area contributed by atoms with E-state index in [9.17, 15) is 4.79 Å². The number of hydrazone groups is 1. The van der Waals surface area contributed by atoms with E-state index in [1.54, 1.807) is 6.08 Å². The SMILES string of the molecule is CCCCCCCC1=NN2C(=N)/C(=C/c3cn(CCOc4ccc(C(C)(C)C)cc4)c4ccccc34)C(=O)N=C2S1. The van der Waals surface area contributed by atoms with Gasteiger partial charge in [0.25, 0.3) is 5.91 Å². The molecule has 8 heteroatoms. The minimum atomic E-state index is -0.396. The van der Waals surface area contributed by atoms with Gasteiger partial charge >= 0.3 is 0 Å². The maximum atomic E-state index is 13.0. The highest BCUT2D eigenvalue weighted by Crippen LogP contribution is 2.32. The van der Waals surface area contributed by atoms with Gasteiger partial charge in [0.2, 0.25) is 5.17 Å². The van der Waals surface area contributed by atoms with Gasteiger partial charge in [-0.3, -0.25) is 10.2 Å². The third-order valence-electron chi connectivity index (χ3n) is 7.43. The zero-order valence-corrected chi connectivity index (χ0v) is 25.3. The predicted octanol–water partition coefficient (Wildman–Crippen LogP) is 8.00. The molecule has 2 aliphatic heterocycles. The van der Waals surface area contributed by atoms with Crippen LogP contribution in [0.3, 0.4) is 0 Å². The van der Waals surface area contributed by atoms with Crippen LogP contribution in [0.15, 0.2) is 70.4 Å². The minimum absolute atomic E-state index is 0.0763. The first-order valence-corrected chi connectivity index (χ1v) is 15.4. The number of para-hydroxylation sites is 1. The number of carbonyl (C=O) groups is 1. The van der Waals surface area contributed by atoms with E-state index in [1.165, 1.54) is 48.0 Å². The van der Waals surface area contributed by atoms with Crippen LogP contribution < -0.4 is 4.74 Å². The van der Waals surface area contributed by atoms with Crippen molar-refractivity contribution in [1.82, 2.24) is 9.58 Å². The molecule has 7 nitrogen and oxygen atoms in total. The van der Waals surface area contributed by atoms with Crippen LogP contribution in [0.25, 0.3) is 17.0 Å². The zero-order valence-electron chi connectivity index (χ0n) is 24.4. The van der Waals surface area contributed by atoms with E-state index in [0.29, 0.717) is 18.3 Å². The third kappa shape index (κ3) is 6.64. The summed E-state index contributed by atoms with van der Waals surface area (Å²) in [5.74, 6) is 0.524. The molecule has 5 rings (SSSR count). The number of fused-ring (bicyclic) bond motifs is 2. The molecular formula is C33H39N5O2S. The summed E-state index contributed by atoms with van der Waals surface area (Å²) < 4.78 is 8.19. The summed E-state index contributed by atoms with van der Waals surface area (Å²) in [6, 6.07) is 16.4. The molecule has 0 aliphatic carbocycles. The molecule has 1 aromatic heterocycles. The highest BCUT2D eigenvalue weighted by molar-refractivity contribution is 8.26. The molecule has 0 spiro atoms. The molecule has 0 unspecified atom stereocenters. The molecule has 214 valence electrons. The smallest absolute Gasteiger partial charge is 0.283 e. The molecular weight excluding hydrogens is 530 g/mol. The van der Waals surface area contributed by atoms with Crippen molar-refractivity contribution < 1.29 is 9.53 Å². The average molecular weight is 570 g/mol. The van der Waals surface area contributed by atoms with Crippen LogP contribution in [0.2, 0.25) is 0 Å². The Labute approximate surface area is 246 Å². The number of amides is 1. The number of nitrogens with one attached hydrogen (secondary N) is 1. The second kappa shape index (κ2) is 12.5. The lowest BCUT2D eigenvalue weighted by molar-refractivity contribution is -0.114. The maximum Gasteiger partial charge on any atom is 0.283 e. The number of hydrogen-bond acceptors (Lipinski definition) is 5. The van der Waals surface area contributed by atoms with Crippen molar-refractivity contribution in [3.63, 3.8) is 0 Å². The van der Waals surface area contributed by atoms with Gasteiger partial charge in [-0.1, -0.05) is 83.7 Å². The number of amidine groups is 2. The van der Waals surface area contributed by atoms with Crippen molar-refractivity contribution in [2.24, 2.45) is 10.1 Å². The molecule has 0 saturated carbocycles. The lowest BCUT2D eigenvalue weighted by Crippen LogP contribution is -2.35. The lowest BCUT2D eigenvalue weighted by atomic mass is 9.87. The van der Waals surface area contributed by atoms with Crippen molar-refractivity contribution >= 4 is 50.7 Å². The van der Waals surface area contributed by atoms with Gasteiger partial charge in [0.15, 0.2) is 5.84 Å². The standard InChI is InChI=1S/C33H39N5O2S/c1-5-6-7-8-9-14-29-36-38-30(34)27(31(39)35-32(38)41-29)21-23-22-37(28-13-11-10-12-26(23)28)19-20-40-25-17-15-24(16-18-25)33(2,3)4/h10-13,15-18,21-22,34H,5-9,14,19-20H2,1-4H3/b27-21-,34-30?. The van der Waals surface area contributed by atoms with Crippen LogP contribution in [-0.4, -0.2) is 38.1 Å². The quantitative estimate of drug-likeness (QED) is 0.187. The van der Waals surface area contributed by atoms with Crippen LogP contribution >= 0.6 is 11.8 Å². The molecule has 0 bridgehead atoms. The zero-order chi connectivity index (χ0) is 29.0. The molecule has 1 amide bonds. The van der Waals surface area contributed by atoms with Gasteiger partial charge in [-0.05, 0) is 59.9 Å². The van der Waals surface area contributed by atoms with Crippen LogP contribution in [0.4, 0.5) is 0 Å². The van der Waals surface area contributed by atoms with Crippen LogP contribution in [-0.2, 0) is 16.8 Å². The van der Waals surface area contributed by atoms with E-state index >= 15 is 0 Å². The number of thioether (sulfide) groups is 1. The number of rotatable bonds is 11. The Bertz CT molecular complexity index is 1530. The fraction of sp³-hybridized carbons (Fsp3) is 0.394. The molecule has 3 heterocycles. The first-order valence-electron chi connectivity index (χ1n) is 14.5. The monoisotopic (exact) mass is 569 g/mol. The molecule has 0 atom stereocenters. The van der Waals surface area contributed by atoms with Crippen molar-refractivity contribution in [2.75, 3.05) is 6.61 Å². The van der Waals surface area contributed by atoms with Gasteiger partial charge in [-0.15, -0.1) is 0 Å². The lowest BCUT2D eigenvalue weighted by Gasteiger charge is -2.20. The number of aliphatic imine (C=N–C) groups is 1. The number of carbonyl (C=O) groups excluding carboxylic acids is 1. The minimum Gasteiger partial charge on any atom is -0.492 e. The molecule has 3 aromatic rings. The van der Waals surface area contributed by atoms with Gasteiger partial charge in [-0.25, -0.2) is 0 Å². The normalized spacial score (nSPS) is 16.4. The highest BCUT2D eigenvalue weighted by Gasteiger charge is 2.35. The highest BCUT2D eigenvalue weighted by atomic mass is 32.2. The molecule has 0 fully saturated rings. The molecule has 2 aromatic carbocycles. The summed E-state index contributed by atoms with van der Waals surface area (Å²) in [4.78, 5) is 17.3. The Hall–Kier alpha value is -3.65. The van der Waals surface area contributed by atoms with Crippen LogP contribution in [0.5, 0.6) is 5.75 Å². The average Bonchev–Trinajstić information content (AvgIpc) is 3.52. The topological polar surface area (TPSA) is 83.0 Å². The van der Waals surface area contributed by atoms with Gasteiger partial charge < -0.3 is 9.30 Å². The number of ether oxygens (including phenoxy) is 1. The number of benzene rings is 2. The molecule has 0 saturated heterocycles. The van der Waals surface area contributed by atoms with E-state index in [-0.39, 0.29) is 16.8 Å². The Kier molecular flexibility index (Phi) is 8.78. The fourth-order valence-electron chi connectivity index (χ4n) is 5.06. The van der Waals surface area contributed by atoms with E-state index in [4.69, 9.17) is 10.1 Å². The Morgan fingerprint density at radius 2 is 1.78 bits per heavy atom. The number of nitrogens with zero attached hydrogens (tertiary/aromatic N) is 4. The van der Waals surface area contributed by atoms with E-state index in [1.807, 2.05) is 36.5 Å². The van der Waals surface area contributed by atoms with Gasteiger partial charge in [-0.2, -0.15) is 15.1 Å². The van der Waals surface area contributed by atoms with E-state index in [0.717, 1.165) is 40.1 Å². The van der Waals surface area contributed by atoms with Crippen molar-refractivity contribution in [3.8, 4) is 5.75 Å². The van der Waals surface area contributed by atoms with Gasteiger partial charge in [0, 0.05) is 22.7 Å². The van der Waals surface area contributed by atoms with Crippen LogP contribution in [0.1, 0.15) is 77.3 Å². The van der Waals surface area contributed by atoms with Gasteiger partial charge in [0.1, 0.15) is 17.4 Å². The summed E-state index contributed by atoms with van der Waals surface area (Å²) in [7, 11) is 0. The molecule has 1 N–H and O–H groups in total. The molecule has 0 radical (unpaired) electrons. The number of unbranched alkanes of at least 4 members (excludes halogenated alkanes) is 4. The maximum absolute atomic E-state index is 13.0. The summed E-state index contributed by atoms with van der Waals surface area (Å²) in [6.45, 7) is 9.96. The Morgan fingerprint density at radius 3 is 2.54 bits per heavy atom. The van der Waals surface area contributed by atoms with Crippen LogP contribution in [0, 0.1) is 5.41 Å². The summed E-state index contributed by atoms with van der Waals surface area (Å²) in [5, 5.41) is 17.4. The van der Waals surface area contributed by atoms with E-state index < -0.39 is 5.91 Å². The van der Waals surface area contributed by atoms with Gasteiger partial charge in [0.05, 0.1) is 12.1 Å². The first-order chi connectivity index (χ1) is 19.7. The number of aromatic nitrogens is 1. The Morgan fingerprint density at radius 1 is 1.02 bits per heavy atom. The predicted molar refractivity (Wildman–Crippen MR) is 171 cm³/mol. The van der Waals surface area contributed by atoms with E-state index in [2.05, 4.69) is 60.6 Å². The Balaban J connectivity index is 1.30. The largest absolute Gasteiger partial charge is 0.492 e. The van der Waals surface area contributed by atoms with Crippen molar-refractivity contribution in [3.05, 3.63) is 71.4 Å². The number of hydrogen-bond donors (Lipinski definition) is 1.